The van der Waals surface area contributed by atoms with E-state index in [0.717, 1.165) is 5.56 Å². The van der Waals surface area contributed by atoms with Crippen LogP contribution in [-0.2, 0) is 4.74 Å². The summed E-state index contributed by atoms with van der Waals surface area (Å²) in [5.74, 6) is -1.03. The van der Waals surface area contributed by atoms with Crippen molar-refractivity contribution in [1.82, 2.24) is 5.32 Å². The summed E-state index contributed by atoms with van der Waals surface area (Å²) in [4.78, 5) is 22.4. The maximum absolute atomic E-state index is 11.6. The van der Waals surface area contributed by atoms with Gasteiger partial charge in [0.15, 0.2) is 0 Å². The topological polar surface area (TPSA) is 87.7 Å². The molecule has 6 heteroatoms. The molecule has 0 aliphatic carbocycles. The van der Waals surface area contributed by atoms with Crippen LogP contribution < -0.4 is 10.6 Å². The zero-order valence-electron chi connectivity index (χ0n) is 11.0. The van der Waals surface area contributed by atoms with Crippen LogP contribution in [0.15, 0.2) is 18.2 Å². The number of benzene rings is 1. The number of carboxylic acid groups (broad SMARTS) is 1. The Morgan fingerprint density at radius 3 is 2.74 bits per heavy atom. The van der Waals surface area contributed by atoms with Crippen molar-refractivity contribution in [2.45, 2.75) is 13.8 Å². The lowest BCUT2D eigenvalue weighted by Gasteiger charge is -2.10. The van der Waals surface area contributed by atoms with E-state index >= 15 is 0 Å². The number of aromatic carboxylic acids is 1. The van der Waals surface area contributed by atoms with Crippen molar-refractivity contribution in [3.05, 3.63) is 29.3 Å². The molecule has 0 aromatic heterocycles. The molecule has 6 nitrogen and oxygen atoms in total. The molecule has 0 saturated carbocycles. The first-order chi connectivity index (χ1) is 9.04. The molecule has 0 bridgehead atoms. The molecule has 0 saturated heterocycles. The molecular formula is C13H18N2O4. The number of carboxylic acids is 1. The van der Waals surface area contributed by atoms with Gasteiger partial charge in [-0.15, -0.1) is 0 Å². The highest BCUT2D eigenvalue weighted by atomic mass is 16.5. The summed E-state index contributed by atoms with van der Waals surface area (Å²) in [5.41, 5.74) is 1.41. The Hall–Kier alpha value is -2.08. The van der Waals surface area contributed by atoms with E-state index in [2.05, 4.69) is 10.6 Å². The fourth-order valence-electron chi connectivity index (χ4n) is 1.44. The smallest absolute Gasteiger partial charge is 0.335 e. The zero-order valence-corrected chi connectivity index (χ0v) is 11.0. The van der Waals surface area contributed by atoms with Crippen LogP contribution in [0.1, 0.15) is 22.8 Å². The van der Waals surface area contributed by atoms with Crippen molar-refractivity contribution in [3.63, 3.8) is 0 Å². The van der Waals surface area contributed by atoms with Crippen molar-refractivity contribution >= 4 is 17.7 Å². The minimum absolute atomic E-state index is 0.134. The number of urea groups is 1. The molecule has 2 amide bonds. The lowest BCUT2D eigenvalue weighted by atomic mass is 10.1. The summed E-state index contributed by atoms with van der Waals surface area (Å²) in [7, 11) is 0. The van der Waals surface area contributed by atoms with Crippen LogP contribution in [0, 0.1) is 6.92 Å². The van der Waals surface area contributed by atoms with Gasteiger partial charge in [0.05, 0.1) is 12.2 Å². The van der Waals surface area contributed by atoms with E-state index in [1.165, 1.54) is 12.1 Å². The minimum Gasteiger partial charge on any atom is -0.478 e. The van der Waals surface area contributed by atoms with E-state index in [1.807, 2.05) is 6.92 Å². The summed E-state index contributed by atoms with van der Waals surface area (Å²) in [6.07, 6.45) is 0. The van der Waals surface area contributed by atoms with Gasteiger partial charge in [0, 0.05) is 18.8 Å². The number of anilines is 1. The third-order valence-electron chi connectivity index (χ3n) is 2.47. The Morgan fingerprint density at radius 2 is 2.11 bits per heavy atom. The number of carbonyl (C=O) groups is 2. The number of amides is 2. The van der Waals surface area contributed by atoms with Gasteiger partial charge in [-0.1, -0.05) is 6.07 Å². The Bertz CT molecular complexity index is 460. The molecule has 0 unspecified atom stereocenters. The first kappa shape index (κ1) is 15.0. The van der Waals surface area contributed by atoms with Crippen molar-refractivity contribution in [2.24, 2.45) is 0 Å². The summed E-state index contributed by atoms with van der Waals surface area (Å²) in [6, 6.07) is 4.19. The zero-order chi connectivity index (χ0) is 14.3. The number of rotatable bonds is 6. The van der Waals surface area contributed by atoms with Crippen molar-refractivity contribution in [1.29, 1.82) is 0 Å². The van der Waals surface area contributed by atoms with Crippen LogP contribution in [0.2, 0.25) is 0 Å². The minimum atomic E-state index is -1.03. The molecule has 1 aromatic carbocycles. The van der Waals surface area contributed by atoms with Gasteiger partial charge in [-0.05, 0) is 31.5 Å². The molecule has 0 spiro atoms. The van der Waals surface area contributed by atoms with Gasteiger partial charge < -0.3 is 20.5 Å². The summed E-state index contributed by atoms with van der Waals surface area (Å²) >= 11 is 0. The first-order valence-corrected chi connectivity index (χ1v) is 6.01. The highest BCUT2D eigenvalue weighted by Gasteiger charge is 2.08. The van der Waals surface area contributed by atoms with Crippen LogP contribution >= 0.6 is 0 Å². The fraction of sp³-hybridized carbons (Fsp3) is 0.385. The first-order valence-electron chi connectivity index (χ1n) is 6.01. The molecule has 0 radical (unpaired) electrons. The van der Waals surface area contributed by atoms with Gasteiger partial charge in [-0.2, -0.15) is 0 Å². The number of carbonyl (C=O) groups excluding carboxylic acids is 1. The van der Waals surface area contributed by atoms with E-state index in [-0.39, 0.29) is 11.6 Å². The molecule has 0 aliphatic rings. The Kier molecular flexibility index (Phi) is 5.81. The lowest BCUT2D eigenvalue weighted by molar-refractivity contribution is 0.0697. The SMILES string of the molecule is CCOCCNC(=O)Nc1cc(C(=O)O)ccc1C. The quantitative estimate of drug-likeness (QED) is 0.686. The molecule has 3 N–H and O–H groups in total. The van der Waals surface area contributed by atoms with Crippen LogP contribution in [-0.4, -0.2) is 36.9 Å². The van der Waals surface area contributed by atoms with Crippen molar-refractivity contribution in [2.75, 3.05) is 25.1 Å². The summed E-state index contributed by atoms with van der Waals surface area (Å²) in [6.45, 7) is 5.11. The average molecular weight is 266 g/mol. The van der Waals surface area contributed by atoms with E-state index in [9.17, 15) is 9.59 Å². The molecule has 0 fully saturated rings. The number of aryl methyl sites for hydroxylation is 1. The second kappa shape index (κ2) is 7.38. The van der Waals surface area contributed by atoms with Crippen molar-refractivity contribution in [3.8, 4) is 0 Å². The van der Waals surface area contributed by atoms with Gasteiger partial charge in [-0.25, -0.2) is 9.59 Å². The van der Waals surface area contributed by atoms with E-state index in [4.69, 9.17) is 9.84 Å². The maximum atomic E-state index is 11.6. The van der Waals surface area contributed by atoms with Crippen LogP contribution in [0.5, 0.6) is 0 Å². The molecule has 0 aliphatic heterocycles. The van der Waals surface area contributed by atoms with Crippen LogP contribution in [0.25, 0.3) is 0 Å². The third kappa shape index (κ3) is 4.97. The predicted molar refractivity (Wildman–Crippen MR) is 71.7 cm³/mol. The second-order valence-electron chi connectivity index (χ2n) is 3.91. The molecule has 1 aromatic rings. The Morgan fingerprint density at radius 1 is 1.37 bits per heavy atom. The highest BCUT2D eigenvalue weighted by Crippen LogP contribution is 2.16. The number of ether oxygens (including phenoxy) is 1. The highest BCUT2D eigenvalue weighted by molar-refractivity contribution is 5.93. The van der Waals surface area contributed by atoms with Gasteiger partial charge in [0.2, 0.25) is 0 Å². The fourth-order valence-corrected chi connectivity index (χ4v) is 1.44. The van der Waals surface area contributed by atoms with E-state index in [0.29, 0.717) is 25.4 Å². The summed E-state index contributed by atoms with van der Waals surface area (Å²) < 4.78 is 5.09. The van der Waals surface area contributed by atoms with Gasteiger partial charge in [0.1, 0.15) is 0 Å². The lowest BCUT2D eigenvalue weighted by Crippen LogP contribution is -2.31. The van der Waals surface area contributed by atoms with Gasteiger partial charge >= 0.3 is 12.0 Å². The van der Waals surface area contributed by atoms with Crippen LogP contribution in [0.4, 0.5) is 10.5 Å². The molecular weight excluding hydrogens is 248 g/mol. The molecule has 0 atom stereocenters. The van der Waals surface area contributed by atoms with Gasteiger partial charge in [0.25, 0.3) is 0 Å². The van der Waals surface area contributed by atoms with Crippen molar-refractivity contribution < 1.29 is 19.4 Å². The van der Waals surface area contributed by atoms with Crippen LogP contribution in [0.3, 0.4) is 0 Å². The number of hydrogen-bond acceptors (Lipinski definition) is 3. The molecule has 104 valence electrons. The van der Waals surface area contributed by atoms with E-state index in [1.54, 1.807) is 13.0 Å². The van der Waals surface area contributed by atoms with E-state index < -0.39 is 5.97 Å². The molecule has 19 heavy (non-hydrogen) atoms. The predicted octanol–water partition coefficient (Wildman–Crippen LogP) is 1.85. The third-order valence-corrected chi connectivity index (χ3v) is 2.47. The monoisotopic (exact) mass is 266 g/mol. The molecule has 0 heterocycles. The Labute approximate surface area is 111 Å². The maximum Gasteiger partial charge on any atom is 0.335 e. The largest absolute Gasteiger partial charge is 0.478 e. The average Bonchev–Trinajstić information content (AvgIpc) is 2.37. The number of hydrogen-bond donors (Lipinski definition) is 3. The summed E-state index contributed by atoms with van der Waals surface area (Å²) in [5, 5.41) is 14.1. The standard InChI is InChI=1S/C13H18N2O4/c1-3-19-7-6-14-13(18)15-11-8-10(12(16)17)5-4-9(11)2/h4-5,8H,3,6-7H2,1-2H3,(H,16,17)(H2,14,15,18). The molecule has 1 rings (SSSR count). The normalized spacial score (nSPS) is 10.0. The van der Waals surface area contributed by atoms with Gasteiger partial charge in [-0.3, -0.25) is 0 Å². The number of nitrogens with one attached hydrogen (secondary N) is 2. The second-order valence-corrected chi connectivity index (χ2v) is 3.91. The Balaban J connectivity index is 2.58.